The van der Waals surface area contributed by atoms with E-state index in [4.69, 9.17) is 9.15 Å². The molecule has 0 aliphatic carbocycles. The minimum Gasteiger partial charge on any atom is -0.497 e. The molecule has 4 rings (SSSR count). The van der Waals surface area contributed by atoms with Crippen molar-refractivity contribution >= 4 is 17.7 Å². The molecule has 1 amide bonds. The Hall–Kier alpha value is -3.59. The van der Waals surface area contributed by atoms with Gasteiger partial charge in [0.05, 0.1) is 12.9 Å². The average Bonchev–Trinajstić information content (AvgIpc) is 3.49. The van der Waals surface area contributed by atoms with Crippen LogP contribution in [0.1, 0.15) is 41.6 Å². The molecule has 0 aliphatic rings. The highest BCUT2D eigenvalue weighted by Gasteiger charge is 2.18. The fourth-order valence-corrected chi connectivity index (χ4v) is 4.10. The second-order valence-corrected chi connectivity index (χ2v) is 9.06. The van der Waals surface area contributed by atoms with Crippen LogP contribution in [0.15, 0.2) is 70.4 Å². The van der Waals surface area contributed by atoms with E-state index in [1.165, 1.54) is 18.0 Å². The lowest BCUT2D eigenvalue weighted by Crippen LogP contribution is -2.27. The van der Waals surface area contributed by atoms with Crippen LogP contribution in [-0.4, -0.2) is 39.3 Å². The largest absolute Gasteiger partial charge is 0.497 e. The second kappa shape index (κ2) is 11.0. The van der Waals surface area contributed by atoms with Gasteiger partial charge in [0.2, 0.25) is 5.89 Å². The maximum Gasteiger partial charge on any atom is 0.273 e. The Morgan fingerprint density at radius 3 is 2.59 bits per heavy atom. The second-order valence-electron chi connectivity index (χ2n) is 8.11. The van der Waals surface area contributed by atoms with E-state index < -0.39 is 0 Å². The Morgan fingerprint density at radius 1 is 1.12 bits per heavy atom. The van der Waals surface area contributed by atoms with Gasteiger partial charge in [-0.1, -0.05) is 55.9 Å². The Bertz CT molecular complexity index is 1220. The molecule has 0 spiro atoms. The highest BCUT2D eigenvalue weighted by molar-refractivity contribution is 7.98. The normalized spacial score (nSPS) is 11.1. The number of nitrogens with zero attached hydrogens (tertiary/aromatic N) is 4. The summed E-state index contributed by atoms with van der Waals surface area (Å²) in [7, 11) is 1.64. The summed E-state index contributed by atoms with van der Waals surface area (Å²) in [6, 6.07) is 17.9. The molecule has 9 heteroatoms. The summed E-state index contributed by atoms with van der Waals surface area (Å²) in [6.07, 6.45) is 2.03. The van der Waals surface area contributed by atoms with Gasteiger partial charge in [-0.05, 0) is 35.7 Å². The van der Waals surface area contributed by atoms with Gasteiger partial charge >= 0.3 is 0 Å². The molecule has 0 aliphatic heterocycles. The number of amides is 1. The van der Waals surface area contributed by atoms with Crippen LogP contribution in [0.25, 0.3) is 5.69 Å². The molecular weight excluding hydrogens is 450 g/mol. The van der Waals surface area contributed by atoms with Gasteiger partial charge in [0.25, 0.3) is 5.91 Å². The molecule has 4 aromatic rings. The zero-order valence-electron chi connectivity index (χ0n) is 19.4. The molecule has 176 valence electrons. The Labute approximate surface area is 202 Å². The van der Waals surface area contributed by atoms with Gasteiger partial charge in [-0.3, -0.25) is 9.36 Å². The van der Waals surface area contributed by atoms with Crippen LogP contribution in [0.2, 0.25) is 0 Å². The van der Waals surface area contributed by atoms with E-state index in [9.17, 15) is 4.79 Å². The molecule has 0 radical (unpaired) electrons. The monoisotopic (exact) mass is 477 g/mol. The quantitative estimate of drug-likeness (QED) is 0.335. The van der Waals surface area contributed by atoms with Gasteiger partial charge in [0.1, 0.15) is 17.8 Å². The number of ether oxygens (including phenoxy) is 1. The first-order chi connectivity index (χ1) is 16.5. The van der Waals surface area contributed by atoms with Crippen molar-refractivity contribution in [1.82, 2.24) is 25.1 Å². The lowest BCUT2D eigenvalue weighted by atomic mass is 10.1. The van der Waals surface area contributed by atoms with Crippen molar-refractivity contribution in [3.8, 4) is 11.4 Å². The zero-order valence-corrected chi connectivity index (χ0v) is 20.2. The summed E-state index contributed by atoms with van der Waals surface area (Å²) in [5.74, 6) is 2.59. The Balaban J connectivity index is 1.54. The lowest BCUT2D eigenvalue weighted by Gasteiger charge is -2.11. The Morgan fingerprint density at radius 2 is 1.88 bits per heavy atom. The van der Waals surface area contributed by atoms with Crippen LogP contribution < -0.4 is 10.1 Å². The van der Waals surface area contributed by atoms with Crippen molar-refractivity contribution in [2.75, 3.05) is 13.7 Å². The maximum atomic E-state index is 12.2. The molecule has 1 N–H and O–H groups in total. The molecule has 0 saturated carbocycles. The molecule has 0 atom stereocenters. The standard InChI is InChI=1S/C25H27N5O3S/c1-17(2)14-26-24(31)21-15-33-23(27-21)16-34-25-29-28-22(13-18-7-5-4-6-8-18)30(25)19-9-11-20(32-3)12-10-19/h4-12,15,17H,13-14,16H2,1-3H3,(H,26,31). The van der Waals surface area contributed by atoms with Gasteiger partial charge in [0.15, 0.2) is 10.9 Å². The summed E-state index contributed by atoms with van der Waals surface area (Å²) in [6.45, 7) is 4.66. The third-order valence-corrected chi connectivity index (χ3v) is 5.93. The molecular formula is C25H27N5O3S. The van der Waals surface area contributed by atoms with Crippen LogP contribution in [0.3, 0.4) is 0 Å². The SMILES string of the molecule is COc1ccc(-n2c(Cc3ccccc3)nnc2SCc2nc(C(=O)NCC(C)C)co2)cc1. The predicted molar refractivity (Wildman–Crippen MR) is 130 cm³/mol. The third kappa shape index (κ3) is 5.85. The molecule has 0 fully saturated rings. The number of aromatic nitrogens is 4. The number of carbonyl (C=O) groups is 1. The van der Waals surface area contributed by atoms with Gasteiger partial charge in [-0.15, -0.1) is 10.2 Å². The summed E-state index contributed by atoms with van der Waals surface area (Å²) in [5.41, 5.74) is 2.35. The van der Waals surface area contributed by atoms with E-state index >= 15 is 0 Å². The minimum atomic E-state index is -0.236. The first-order valence-corrected chi connectivity index (χ1v) is 12.0. The minimum absolute atomic E-state index is 0.236. The van der Waals surface area contributed by atoms with Crippen LogP contribution in [0.4, 0.5) is 0 Å². The number of benzene rings is 2. The van der Waals surface area contributed by atoms with E-state index in [2.05, 4.69) is 32.6 Å². The molecule has 0 saturated heterocycles. The summed E-state index contributed by atoms with van der Waals surface area (Å²) in [5, 5.41) is 12.5. The third-order valence-electron chi connectivity index (χ3n) is 5.02. The van der Waals surface area contributed by atoms with Crippen LogP contribution >= 0.6 is 11.8 Å². The summed E-state index contributed by atoms with van der Waals surface area (Å²) >= 11 is 1.45. The van der Waals surface area contributed by atoms with Crippen molar-refractivity contribution in [3.63, 3.8) is 0 Å². The fourth-order valence-electron chi connectivity index (χ4n) is 3.27. The summed E-state index contributed by atoms with van der Waals surface area (Å²) in [4.78, 5) is 16.6. The van der Waals surface area contributed by atoms with Gasteiger partial charge < -0.3 is 14.5 Å². The molecule has 2 aromatic heterocycles. The molecule has 34 heavy (non-hydrogen) atoms. The van der Waals surface area contributed by atoms with Crippen molar-refractivity contribution in [3.05, 3.63) is 83.8 Å². The van der Waals surface area contributed by atoms with Crippen LogP contribution in [0.5, 0.6) is 5.75 Å². The highest BCUT2D eigenvalue weighted by atomic mass is 32.2. The highest BCUT2D eigenvalue weighted by Crippen LogP contribution is 2.27. The van der Waals surface area contributed by atoms with E-state index in [1.54, 1.807) is 7.11 Å². The Kier molecular flexibility index (Phi) is 7.64. The number of hydrogen-bond acceptors (Lipinski definition) is 7. The van der Waals surface area contributed by atoms with E-state index in [1.807, 2.05) is 60.9 Å². The first-order valence-electron chi connectivity index (χ1n) is 11.0. The van der Waals surface area contributed by atoms with E-state index in [0.29, 0.717) is 35.7 Å². The molecule has 2 aromatic carbocycles. The number of oxazole rings is 1. The smallest absolute Gasteiger partial charge is 0.273 e. The van der Waals surface area contributed by atoms with Crippen molar-refractivity contribution in [2.45, 2.75) is 31.2 Å². The fraction of sp³-hybridized carbons (Fsp3) is 0.280. The number of carbonyl (C=O) groups excluding carboxylic acids is 1. The number of methoxy groups -OCH3 is 1. The average molecular weight is 478 g/mol. The molecule has 0 unspecified atom stereocenters. The van der Waals surface area contributed by atoms with E-state index in [0.717, 1.165) is 22.8 Å². The lowest BCUT2D eigenvalue weighted by molar-refractivity contribution is 0.0944. The molecule has 2 heterocycles. The number of nitrogens with one attached hydrogen (secondary N) is 1. The molecule has 0 bridgehead atoms. The summed E-state index contributed by atoms with van der Waals surface area (Å²) < 4.78 is 12.9. The topological polar surface area (TPSA) is 95.1 Å². The van der Waals surface area contributed by atoms with Crippen LogP contribution in [-0.2, 0) is 12.2 Å². The van der Waals surface area contributed by atoms with Gasteiger partial charge in [0, 0.05) is 18.7 Å². The van der Waals surface area contributed by atoms with Crippen molar-refractivity contribution in [1.29, 1.82) is 0 Å². The van der Waals surface area contributed by atoms with Crippen molar-refractivity contribution in [2.24, 2.45) is 5.92 Å². The van der Waals surface area contributed by atoms with Gasteiger partial charge in [-0.25, -0.2) is 4.98 Å². The number of thioether (sulfide) groups is 1. The van der Waals surface area contributed by atoms with E-state index in [-0.39, 0.29) is 11.6 Å². The van der Waals surface area contributed by atoms with Crippen LogP contribution in [0, 0.1) is 5.92 Å². The predicted octanol–water partition coefficient (Wildman–Crippen LogP) is 4.53. The van der Waals surface area contributed by atoms with Gasteiger partial charge in [-0.2, -0.15) is 0 Å². The van der Waals surface area contributed by atoms with Crippen molar-refractivity contribution < 1.29 is 13.9 Å². The first kappa shape index (κ1) is 23.6. The maximum absolute atomic E-state index is 12.2. The number of rotatable bonds is 10. The zero-order chi connectivity index (χ0) is 23.9. The number of hydrogen-bond donors (Lipinski definition) is 1. The molecule has 8 nitrogen and oxygen atoms in total.